The Kier molecular flexibility index (Phi) is 4.98. The van der Waals surface area contributed by atoms with Gasteiger partial charge in [-0.1, -0.05) is 34.1 Å². The van der Waals surface area contributed by atoms with Crippen LogP contribution >= 0.6 is 15.9 Å². The molecule has 0 spiro atoms. The molecule has 2 aromatic rings. The van der Waals surface area contributed by atoms with Crippen LogP contribution in [0.4, 0.5) is 5.69 Å². The van der Waals surface area contributed by atoms with E-state index in [0.29, 0.717) is 12.1 Å². The number of aryl methyl sites for hydroxylation is 1. The summed E-state index contributed by atoms with van der Waals surface area (Å²) in [5, 5.41) is 12.0. The number of rotatable bonds is 4. The molecule has 110 valence electrons. The number of anilines is 1. The summed E-state index contributed by atoms with van der Waals surface area (Å²) in [4.78, 5) is 12.1. The van der Waals surface area contributed by atoms with Gasteiger partial charge >= 0.3 is 0 Å². The zero-order valence-electron chi connectivity index (χ0n) is 11.6. The Hall–Kier alpha value is -1.85. The van der Waals surface area contributed by atoms with E-state index in [9.17, 15) is 9.90 Å². The van der Waals surface area contributed by atoms with Gasteiger partial charge in [0.25, 0.3) is 0 Å². The molecule has 0 saturated heterocycles. The van der Waals surface area contributed by atoms with Crippen LogP contribution in [-0.2, 0) is 11.2 Å². The average molecular weight is 349 g/mol. The largest absolute Gasteiger partial charge is 0.508 e. The zero-order valence-corrected chi connectivity index (χ0v) is 13.2. The lowest BCUT2D eigenvalue weighted by atomic mass is 10.1. The van der Waals surface area contributed by atoms with E-state index >= 15 is 0 Å². The first kappa shape index (κ1) is 15.5. The molecule has 2 aromatic carbocycles. The van der Waals surface area contributed by atoms with Gasteiger partial charge in [-0.3, -0.25) is 4.79 Å². The number of hydrogen-bond donors (Lipinski definition) is 3. The standard InChI is InChI=1S/C16H17BrN2O2/c1-10-2-5-12(9-14(10)17)19-16(21)15(18)8-11-3-6-13(20)7-4-11/h2-7,9,15,20H,8,18H2,1H3,(H,19,21)/t15-/m1/s1. The SMILES string of the molecule is Cc1ccc(NC(=O)[C@H](N)Cc2ccc(O)cc2)cc1Br. The molecule has 1 amide bonds. The molecule has 0 fully saturated rings. The highest BCUT2D eigenvalue weighted by Gasteiger charge is 2.14. The number of carbonyl (C=O) groups is 1. The highest BCUT2D eigenvalue weighted by molar-refractivity contribution is 9.10. The predicted molar refractivity (Wildman–Crippen MR) is 87.3 cm³/mol. The third kappa shape index (κ3) is 4.31. The molecular weight excluding hydrogens is 332 g/mol. The second kappa shape index (κ2) is 6.74. The van der Waals surface area contributed by atoms with Crippen LogP contribution in [0.3, 0.4) is 0 Å². The second-order valence-electron chi connectivity index (χ2n) is 4.93. The fraction of sp³-hybridized carbons (Fsp3) is 0.188. The van der Waals surface area contributed by atoms with E-state index in [0.717, 1.165) is 15.6 Å². The van der Waals surface area contributed by atoms with Gasteiger partial charge in [-0.05, 0) is 48.7 Å². The maximum Gasteiger partial charge on any atom is 0.241 e. The minimum atomic E-state index is -0.644. The van der Waals surface area contributed by atoms with Gasteiger partial charge in [0.15, 0.2) is 0 Å². The number of hydrogen-bond acceptors (Lipinski definition) is 3. The van der Waals surface area contributed by atoms with Gasteiger partial charge in [0.1, 0.15) is 5.75 Å². The Labute approximate surface area is 132 Å². The summed E-state index contributed by atoms with van der Waals surface area (Å²) in [7, 11) is 0. The van der Waals surface area contributed by atoms with Gasteiger partial charge in [0.05, 0.1) is 6.04 Å². The average Bonchev–Trinajstić information content (AvgIpc) is 2.45. The molecule has 0 radical (unpaired) electrons. The maximum absolute atomic E-state index is 12.1. The minimum Gasteiger partial charge on any atom is -0.508 e. The molecule has 0 aromatic heterocycles. The molecule has 4 N–H and O–H groups in total. The fourth-order valence-corrected chi connectivity index (χ4v) is 2.26. The predicted octanol–water partition coefficient (Wildman–Crippen LogP) is 2.97. The molecule has 0 saturated carbocycles. The number of amides is 1. The maximum atomic E-state index is 12.1. The molecular formula is C16H17BrN2O2. The monoisotopic (exact) mass is 348 g/mol. The van der Waals surface area contributed by atoms with Gasteiger partial charge in [-0.2, -0.15) is 0 Å². The topological polar surface area (TPSA) is 75.4 Å². The third-order valence-electron chi connectivity index (χ3n) is 3.17. The summed E-state index contributed by atoms with van der Waals surface area (Å²) in [5.41, 5.74) is 8.63. The van der Waals surface area contributed by atoms with E-state index in [1.807, 2.05) is 25.1 Å². The lowest BCUT2D eigenvalue weighted by molar-refractivity contribution is -0.117. The summed E-state index contributed by atoms with van der Waals surface area (Å²) < 4.78 is 0.937. The molecule has 0 aliphatic rings. The summed E-state index contributed by atoms with van der Waals surface area (Å²) in [6.07, 6.45) is 0.416. The zero-order chi connectivity index (χ0) is 15.4. The fourth-order valence-electron chi connectivity index (χ4n) is 1.88. The second-order valence-corrected chi connectivity index (χ2v) is 5.78. The van der Waals surface area contributed by atoms with E-state index in [4.69, 9.17) is 5.73 Å². The molecule has 4 nitrogen and oxygen atoms in total. The molecule has 0 aliphatic carbocycles. The van der Waals surface area contributed by atoms with E-state index in [1.165, 1.54) is 0 Å². The molecule has 0 unspecified atom stereocenters. The first-order valence-corrected chi connectivity index (χ1v) is 7.35. The van der Waals surface area contributed by atoms with Gasteiger partial charge in [0, 0.05) is 10.2 Å². The Morgan fingerprint density at radius 1 is 1.29 bits per heavy atom. The summed E-state index contributed by atoms with van der Waals surface area (Å²) in [6, 6.07) is 11.6. The number of benzene rings is 2. The molecule has 0 aliphatic heterocycles. The van der Waals surface area contributed by atoms with Crippen molar-refractivity contribution in [2.75, 3.05) is 5.32 Å². The van der Waals surface area contributed by atoms with Crippen LogP contribution in [0.2, 0.25) is 0 Å². The number of aromatic hydroxyl groups is 1. The number of halogens is 1. The Morgan fingerprint density at radius 3 is 2.57 bits per heavy atom. The van der Waals surface area contributed by atoms with Crippen molar-refractivity contribution < 1.29 is 9.90 Å². The van der Waals surface area contributed by atoms with Crippen molar-refractivity contribution in [3.63, 3.8) is 0 Å². The van der Waals surface area contributed by atoms with Crippen molar-refractivity contribution in [3.05, 3.63) is 58.1 Å². The van der Waals surface area contributed by atoms with Gasteiger partial charge < -0.3 is 16.2 Å². The van der Waals surface area contributed by atoms with Crippen LogP contribution < -0.4 is 11.1 Å². The van der Waals surface area contributed by atoms with Crippen LogP contribution in [0.15, 0.2) is 46.9 Å². The van der Waals surface area contributed by atoms with Crippen LogP contribution in [0, 0.1) is 6.92 Å². The van der Waals surface area contributed by atoms with Gasteiger partial charge in [-0.15, -0.1) is 0 Å². The quantitative estimate of drug-likeness (QED) is 0.794. The van der Waals surface area contributed by atoms with Crippen molar-refractivity contribution in [2.45, 2.75) is 19.4 Å². The first-order valence-electron chi connectivity index (χ1n) is 6.56. The Balaban J connectivity index is 1.98. The highest BCUT2D eigenvalue weighted by atomic mass is 79.9. The molecule has 5 heteroatoms. The first-order chi connectivity index (χ1) is 9.95. The normalized spacial score (nSPS) is 12.0. The number of carbonyl (C=O) groups excluding carboxylic acids is 1. The summed E-state index contributed by atoms with van der Waals surface area (Å²) in [5.74, 6) is -0.0416. The van der Waals surface area contributed by atoms with E-state index < -0.39 is 6.04 Å². The molecule has 0 heterocycles. The number of nitrogens with two attached hydrogens (primary N) is 1. The minimum absolute atomic E-state index is 0.196. The van der Waals surface area contributed by atoms with E-state index in [2.05, 4.69) is 21.2 Å². The van der Waals surface area contributed by atoms with Crippen molar-refractivity contribution >= 4 is 27.5 Å². The van der Waals surface area contributed by atoms with Crippen molar-refractivity contribution in [1.82, 2.24) is 0 Å². The lowest BCUT2D eigenvalue weighted by Gasteiger charge is -2.13. The van der Waals surface area contributed by atoms with Crippen molar-refractivity contribution in [3.8, 4) is 5.75 Å². The molecule has 21 heavy (non-hydrogen) atoms. The van der Waals surface area contributed by atoms with Crippen LogP contribution in [-0.4, -0.2) is 17.1 Å². The van der Waals surface area contributed by atoms with Crippen molar-refractivity contribution in [2.24, 2.45) is 5.73 Å². The van der Waals surface area contributed by atoms with Crippen LogP contribution in [0.5, 0.6) is 5.75 Å². The Morgan fingerprint density at radius 2 is 1.95 bits per heavy atom. The van der Waals surface area contributed by atoms with Gasteiger partial charge in [-0.25, -0.2) is 0 Å². The van der Waals surface area contributed by atoms with Crippen LogP contribution in [0.1, 0.15) is 11.1 Å². The summed E-state index contributed by atoms with van der Waals surface area (Å²) in [6.45, 7) is 1.98. The number of nitrogens with one attached hydrogen (secondary N) is 1. The number of phenols is 1. The molecule has 1 atom stereocenters. The van der Waals surface area contributed by atoms with E-state index in [-0.39, 0.29) is 11.7 Å². The lowest BCUT2D eigenvalue weighted by Crippen LogP contribution is -2.37. The number of phenolic OH excluding ortho intramolecular Hbond substituents is 1. The summed E-state index contributed by atoms with van der Waals surface area (Å²) >= 11 is 3.43. The van der Waals surface area contributed by atoms with Gasteiger partial charge in [0.2, 0.25) is 5.91 Å². The Bertz CT molecular complexity index is 641. The highest BCUT2D eigenvalue weighted by Crippen LogP contribution is 2.20. The van der Waals surface area contributed by atoms with E-state index in [1.54, 1.807) is 24.3 Å². The molecule has 2 rings (SSSR count). The molecule has 0 bridgehead atoms. The van der Waals surface area contributed by atoms with Crippen LogP contribution in [0.25, 0.3) is 0 Å². The van der Waals surface area contributed by atoms with Crippen molar-refractivity contribution in [1.29, 1.82) is 0 Å². The smallest absolute Gasteiger partial charge is 0.241 e. The third-order valence-corrected chi connectivity index (χ3v) is 4.02.